The second kappa shape index (κ2) is 9.69. The summed E-state index contributed by atoms with van der Waals surface area (Å²) in [6.07, 6.45) is 10.8. The third-order valence-electron chi connectivity index (χ3n) is 2.90. The molecule has 1 atom stereocenters. The van der Waals surface area contributed by atoms with E-state index < -0.39 is 0 Å². The molecule has 0 aliphatic heterocycles. The van der Waals surface area contributed by atoms with Crippen molar-refractivity contribution in [2.24, 2.45) is 5.92 Å². The molecular formula is C16H26O2. The Kier molecular flexibility index (Phi) is 8.99. The molecule has 0 aromatic heterocycles. The van der Waals surface area contributed by atoms with Crippen molar-refractivity contribution in [3.8, 4) is 0 Å². The van der Waals surface area contributed by atoms with Crippen molar-refractivity contribution >= 4 is 5.78 Å². The first-order valence-electron chi connectivity index (χ1n) is 6.80. The van der Waals surface area contributed by atoms with E-state index in [4.69, 9.17) is 0 Å². The highest BCUT2D eigenvalue weighted by molar-refractivity contribution is 5.94. The van der Waals surface area contributed by atoms with Gasteiger partial charge < -0.3 is 5.11 Å². The molecule has 0 aliphatic carbocycles. The maximum Gasteiger partial charge on any atom is 0.156 e. The summed E-state index contributed by atoms with van der Waals surface area (Å²) in [6.45, 7) is 7.86. The molecule has 0 radical (unpaired) electrons. The largest absolute Gasteiger partial charge is 0.515 e. The molecule has 18 heavy (non-hydrogen) atoms. The van der Waals surface area contributed by atoms with E-state index in [1.807, 2.05) is 12.2 Å². The zero-order chi connectivity index (χ0) is 14.0. The molecule has 0 heterocycles. The number of Topliss-reactive ketones (excluding diaryl/α,β-unsaturated/α-hetero) is 1. The number of rotatable bonds is 8. The first kappa shape index (κ1) is 16.7. The molecule has 0 fully saturated rings. The van der Waals surface area contributed by atoms with Crippen LogP contribution in [0.1, 0.15) is 53.4 Å². The van der Waals surface area contributed by atoms with Crippen LogP contribution in [0.5, 0.6) is 0 Å². The Morgan fingerprint density at radius 1 is 1.28 bits per heavy atom. The Balaban J connectivity index is 4.97. The van der Waals surface area contributed by atoms with E-state index >= 15 is 0 Å². The predicted octanol–water partition coefficient (Wildman–Crippen LogP) is 4.74. The van der Waals surface area contributed by atoms with E-state index in [2.05, 4.69) is 20.8 Å². The minimum atomic E-state index is 0.0826. The normalized spacial score (nSPS) is 15.1. The highest BCUT2D eigenvalue weighted by Crippen LogP contribution is 2.19. The first-order chi connectivity index (χ1) is 8.56. The Morgan fingerprint density at radius 3 is 2.39 bits per heavy atom. The predicted molar refractivity (Wildman–Crippen MR) is 77.6 cm³/mol. The maximum absolute atomic E-state index is 11.6. The topological polar surface area (TPSA) is 37.3 Å². The van der Waals surface area contributed by atoms with Crippen LogP contribution in [-0.4, -0.2) is 10.9 Å². The Morgan fingerprint density at radius 2 is 1.94 bits per heavy atom. The molecule has 0 aromatic rings. The zero-order valence-corrected chi connectivity index (χ0v) is 12.1. The number of carbonyl (C=O) groups is 1. The van der Waals surface area contributed by atoms with Gasteiger partial charge >= 0.3 is 0 Å². The number of unbranched alkanes of at least 4 members (excludes halogenated alkanes) is 1. The molecule has 0 rings (SSSR count). The second-order valence-corrected chi connectivity index (χ2v) is 4.67. The summed E-state index contributed by atoms with van der Waals surface area (Å²) in [5.74, 6) is 0.321. The summed E-state index contributed by atoms with van der Waals surface area (Å²) in [4.78, 5) is 11.6. The van der Waals surface area contributed by atoms with Crippen molar-refractivity contribution in [2.45, 2.75) is 53.4 Å². The number of aliphatic hydroxyl groups is 1. The molecule has 0 amide bonds. The third kappa shape index (κ3) is 6.43. The van der Waals surface area contributed by atoms with Crippen LogP contribution in [0.15, 0.2) is 35.6 Å². The number of ketones is 1. The van der Waals surface area contributed by atoms with Gasteiger partial charge in [-0.1, -0.05) is 45.8 Å². The van der Waals surface area contributed by atoms with Gasteiger partial charge in [-0.15, -0.1) is 0 Å². The van der Waals surface area contributed by atoms with Crippen molar-refractivity contribution in [1.82, 2.24) is 0 Å². The lowest BCUT2D eigenvalue weighted by molar-refractivity contribution is -0.114. The van der Waals surface area contributed by atoms with Crippen LogP contribution in [-0.2, 0) is 4.79 Å². The summed E-state index contributed by atoms with van der Waals surface area (Å²) < 4.78 is 0. The first-order valence-corrected chi connectivity index (χ1v) is 6.80. The van der Waals surface area contributed by atoms with Crippen LogP contribution in [0, 0.1) is 5.92 Å². The Bertz CT molecular complexity index is 335. The smallest absolute Gasteiger partial charge is 0.156 e. The van der Waals surface area contributed by atoms with Crippen LogP contribution in [0.25, 0.3) is 0 Å². The highest BCUT2D eigenvalue weighted by Gasteiger charge is 2.12. The summed E-state index contributed by atoms with van der Waals surface area (Å²) in [7, 11) is 0. The van der Waals surface area contributed by atoms with E-state index in [1.165, 1.54) is 0 Å². The van der Waals surface area contributed by atoms with Crippen LogP contribution in [0.4, 0.5) is 0 Å². The average molecular weight is 250 g/mol. The quantitative estimate of drug-likeness (QED) is 0.384. The fourth-order valence-corrected chi connectivity index (χ4v) is 1.87. The number of allylic oxidation sites excluding steroid dienone is 5. The zero-order valence-electron chi connectivity index (χ0n) is 12.1. The molecule has 2 nitrogen and oxygen atoms in total. The molecule has 0 aromatic carbocycles. The van der Waals surface area contributed by atoms with Crippen molar-refractivity contribution < 1.29 is 9.90 Å². The van der Waals surface area contributed by atoms with Gasteiger partial charge in [0.2, 0.25) is 0 Å². The van der Waals surface area contributed by atoms with Crippen molar-refractivity contribution in [1.29, 1.82) is 0 Å². The van der Waals surface area contributed by atoms with Crippen LogP contribution < -0.4 is 0 Å². The molecule has 0 saturated carbocycles. The maximum atomic E-state index is 11.6. The van der Waals surface area contributed by atoms with Crippen molar-refractivity contribution in [3.05, 3.63) is 35.6 Å². The molecule has 0 saturated heterocycles. The lowest BCUT2D eigenvalue weighted by Gasteiger charge is -2.12. The SMILES string of the molecule is CCC/C=C/C(=CO)C=C(C(C)=O)C(C)CCC. The summed E-state index contributed by atoms with van der Waals surface area (Å²) >= 11 is 0. The van der Waals surface area contributed by atoms with Gasteiger partial charge in [0, 0.05) is 5.57 Å². The van der Waals surface area contributed by atoms with Gasteiger partial charge in [0.1, 0.15) is 0 Å². The molecule has 2 heteroatoms. The second-order valence-electron chi connectivity index (χ2n) is 4.67. The number of hydrogen-bond acceptors (Lipinski definition) is 2. The average Bonchev–Trinajstić information content (AvgIpc) is 2.33. The number of hydrogen-bond donors (Lipinski definition) is 1. The Labute approximate surface area is 111 Å². The van der Waals surface area contributed by atoms with Gasteiger partial charge in [-0.3, -0.25) is 4.79 Å². The minimum Gasteiger partial charge on any atom is -0.515 e. The van der Waals surface area contributed by atoms with E-state index in [0.29, 0.717) is 5.57 Å². The molecular weight excluding hydrogens is 224 g/mol. The molecule has 1 unspecified atom stereocenters. The summed E-state index contributed by atoms with van der Waals surface area (Å²) in [5.41, 5.74) is 1.48. The molecule has 0 spiro atoms. The lowest BCUT2D eigenvalue weighted by atomic mass is 9.92. The Hall–Kier alpha value is -1.31. The van der Waals surface area contributed by atoms with E-state index in [-0.39, 0.29) is 11.7 Å². The van der Waals surface area contributed by atoms with Gasteiger partial charge in [0.05, 0.1) is 6.26 Å². The van der Waals surface area contributed by atoms with Crippen LogP contribution >= 0.6 is 0 Å². The van der Waals surface area contributed by atoms with Crippen molar-refractivity contribution in [3.63, 3.8) is 0 Å². The van der Waals surface area contributed by atoms with E-state index in [0.717, 1.165) is 37.5 Å². The van der Waals surface area contributed by atoms with Gasteiger partial charge in [-0.25, -0.2) is 0 Å². The highest BCUT2D eigenvalue weighted by atomic mass is 16.2. The third-order valence-corrected chi connectivity index (χ3v) is 2.90. The number of carbonyl (C=O) groups excluding carboxylic acids is 1. The fourth-order valence-electron chi connectivity index (χ4n) is 1.87. The van der Waals surface area contributed by atoms with Crippen LogP contribution in [0.3, 0.4) is 0 Å². The monoisotopic (exact) mass is 250 g/mol. The minimum absolute atomic E-state index is 0.0826. The summed E-state index contributed by atoms with van der Waals surface area (Å²) in [6, 6.07) is 0. The van der Waals surface area contributed by atoms with E-state index in [1.54, 1.807) is 13.0 Å². The van der Waals surface area contributed by atoms with Gasteiger partial charge in [0.25, 0.3) is 0 Å². The molecule has 0 bridgehead atoms. The van der Waals surface area contributed by atoms with Crippen molar-refractivity contribution in [2.75, 3.05) is 0 Å². The lowest BCUT2D eigenvalue weighted by Crippen LogP contribution is -2.07. The number of aliphatic hydroxyl groups excluding tert-OH is 1. The summed E-state index contributed by atoms with van der Waals surface area (Å²) in [5, 5.41) is 9.20. The molecule has 1 N–H and O–H groups in total. The van der Waals surface area contributed by atoms with Gasteiger partial charge in [0.15, 0.2) is 5.78 Å². The van der Waals surface area contributed by atoms with Gasteiger partial charge in [-0.05, 0) is 37.3 Å². The molecule has 102 valence electrons. The fraction of sp³-hybridized carbons (Fsp3) is 0.562. The van der Waals surface area contributed by atoms with Gasteiger partial charge in [-0.2, -0.15) is 0 Å². The van der Waals surface area contributed by atoms with Crippen LogP contribution in [0.2, 0.25) is 0 Å². The van der Waals surface area contributed by atoms with E-state index in [9.17, 15) is 9.90 Å². The standard InChI is InChI=1S/C16H26O2/c1-5-7-8-10-15(12-17)11-16(14(4)18)13(3)9-6-2/h8,10-13,17H,5-7,9H2,1-4H3/b10-8+,15-12?,16-11?. The molecule has 0 aliphatic rings.